The molecule has 0 heterocycles. The molecule has 1 aromatic rings. The van der Waals surface area contributed by atoms with Gasteiger partial charge in [-0.3, -0.25) is 0 Å². The molecule has 1 aromatic carbocycles. The summed E-state index contributed by atoms with van der Waals surface area (Å²) in [7, 11) is -3.85. The van der Waals surface area contributed by atoms with Crippen molar-refractivity contribution in [2.75, 3.05) is 6.61 Å². The molecular formula is C10H12BrNO4S. The third kappa shape index (κ3) is 3.27. The van der Waals surface area contributed by atoms with E-state index in [1.807, 2.05) is 0 Å². The maximum Gasteiger partial charge on any atom is 0.338 e. The quantitative estimate of drug-likeness (QED) is 0.856. The van der Waals surface area contributed by atoms with Crippen LogP contribution in [-0.4, -0.2) is 21.0 Å². The fourth-order valence-corrected chi connectivity index (χ4v) is 2.42. The molecule has 0 aliphatic rings. The smallest absolute Gasteiger partial charge is 0.338 e. The Morgan fingerprint density at radius 2 is 2.06 bits per heavy atom. The lowest BCUT2D eigenvalue weighted by molar-refractivity contribution is 0.0525. The van der Waals surface area contributed by atoms with E-state index in [4.69, 9.17) is 9.88 Å². The van der Waals surface area contributed by atoms with Crippen molar-refractivity contribution < 1.29 is 17.9 Å². The highest BCUT2D eigenvalue weighted by molar-refractivity contribution is 9.10. The first kappa shape index (κ1) is 14.1. The summed E-state index contributed by atoms with van der Waals surface area (Å²) in [5.74, 6) is -0.573. The van der Waals surface area contributed by atoms with Crippen LogP contribution < -0.4 is 5.14 Å². The Hall–Kier alpha value is -0.920. The van der Waals surface area contributed by atoms with Gasteiger partial charge in [0.2, 0.25) is 10.0 Å². The van der Waals surface area contributed by atoms with Crippen molar-refractivity contribution in [2.45, 2.75) is 18.7 Å². The molecule has 0 atom stereocenters. The molecular weight excluding hydrogens is 310 g/mol. The first-order valence-corrected chi connectivity index (χ1v) is 7.11. The molecule has 0 saturated carbocycles. The second kappa shape index (κ2) is 5.16. The number of sulfonamides is 1. The molecule has 5 nitrogen and oxygen atoms in total. The SMILES string of the molecule is CCOC(=O)c1cc(S(N)(=O)=O)cc(Br)c1C. The van der Waals surface area contributed by atoms with Crippen LogP contribution >= 0.6 is 15.9 Å². The summed E-state index contributed by atoms with van der Waals surface area (Å²) in [6, 6.07) is 2.57. The molecule has 0 fully saturated rings. The van der Waals surface area contributed by atoms with Crippen molar-refractivity contribution in [3.63, 3.8) is 0 Å². The number of ether oxygens (including phenoxy) is 1. The van der Waals surface area contributed by atoms with Crippen molar-refractivity contribution in [1.29, 1.82) is 0 Å². The number of primary sulfonamides is 1. The minimum atomic E-state index is -3.85. The fourth-order valence-electron chi connectivity index (χ4n) is 1.24. The fraction of sp³-hybridized carbons (Fsp3) is 0.300. The number of carbonyl (C=O) groups excluding carboxylic acids is 1. The predicted molar refractivity (Wildman–Crippen MR) is 66.2 cm³/mol. The van der Waals surface area contributed by atoms with Crippen molar-refractivity contribution in [3.8, 4) is 0 Å². The first-order chi connectivity index (χ1) is 7.77. The zero-order valence-electron chi connectivity index (χ0n) is 9.36. The minimum Gasteiger partial charge on any atom is -0.462 e. The normalized spacial score (nSPS) is 11.3. The van der Waals surface area contributed by atoms with Crippen LogP contribution in [0.5, 0.6) is 0 Å². The van der Waals surface area contributed by atoms with Gasteiger partial charge in [0.15, 0.2) is 0 Å². The number of hydrogen-bond donors (Lipinski definition) is 1. The van der Waals surface area contributed by atoms with Crippen LogP contribution in [0.2, 0.25) is 0 Å². The van der Waals surface area contributed by atoms with E-state index in [1.54, 1.807) is 13.8 Å². The highest BCUT2D eigenvalue weighted by Gasteiger charge is 2.18. The summed E-state index contributed by atoms with van der Waals surface area (Å²) < 4.78 is 27.8. The third-order valence-corrected chi connectivity index (χ3v) is 3.86. The third-order valence-electron chi connectivity index (χ3n) is 2.14. The van der Waals surface area contributed by atoms with Gasteiger partial charge in [-0.25, -0.2) is 18.4 Å². The predicted octanol–water partition coefficient (Wildman–Crippen LogP) is 1.58. The van der Waals surface area contributed by atoms with E-state index >= 15 is 0 Å². The Morgan fingerprint density at radius 3 is 2.53 bits per heavy atom. The lowest BCUT2D eigenvalue weighted by Crippen LogP contribution is -2.15. The van der Waals surface area contributed by atoms with Crippen molar-refractivity contribution in [1.82, 2.24) is 0 Å². The standard InChI is InChI=1S/C10H12BrNO4S/c1-3-16-10(13)8-4-7(17(12,14)15)5-9(11)6(8)2/h4-5H,3H2,1-2H3,(H2,12,14,15). The average molecular weight is 322 g/mol. The Kier molecular flexibility index (Phi) is 4.29. The van der Waals surface area contributed by atoms with Gasteiger partial charge < -0.3 is 4.74 Å². The number of carbonyl (C=O) groups is 1. The maximum atomic E-state index is 11.6. The number of halogens is 1. The summed E-state index contributed by atoms with van der Waals surface area (Å²) in [6.45, 7) is 3.57. The minimum absolute atomic E-state index is 0.127. The topological polar surface area (TPSA) is 86.5 Å². The van der Waals surface area contributed by atoms with E-state index in [0.29, 0.717) is 10.0 Å². The second-order valence-corrected chi connectivity index (χ2v) is 5.76. The largest absolute Gasteiger partial charge is 0.462 e. The van der Waals surface area contributed by atoms with Crippen LogP contribution in [0.4, 0.5) is 0 Å². The van der Waals surface area contributed by atoms with Gasteiger partial charge in [0.05, 0.1) is 17.1 Å². The van der Waals surface area contributed by atoms with E-state index in [1.165, 1.54) is 12.1 Å². The van der Waals surface area contributed by atoms with Gasteiger partial charge in [-0.15, -0.1) is 0 Å². The Morgan fingerprint density at radius 1 is 1.47 bits per heavy atom. The van der Waals surface area contributed by atoms with Crippen LogP contribution in [0.25, 0.3) is 0 Å². The first-order valence-electron chi connectivity index (χ1n) is 4.77. The molecule has 0 aromatic heterocycles. The molecule has 0 radical (unpaired) electrons. The molecule has 0 unspecified atom stereocenters. The molecule has 17 heavy (non-hydrogen) atoms. The van der Waals surface area contributed by atoms with Gasteiger partial charge in [-0.05, 0) is 31.5 Å². The maximum absolute atomic E-state index is 11.6. The summed E-state index contributed by atoms with van der Waals surface area (Å²) >= 11 is 3.18. The van der Waals surface area contributed by atoms with Gasteiger partial charge in [0.1, 0.15) is 0 Å². The molecule has 0 aliphatic carbocycles. The second-order valence-electron chi connectivity index (χ2n) is 3.34. The van der Waals surface area contributed by atoms with Gasteiger partial charge in [0.25, 0.3) is 0 Å². The van der Waals surface area contributed by atoms with E-state index in [9.17, 15) is 13.2 Å². The molecule has 0 spiro atoms. The molecule has 0 aliphatic heterocycles. The van der Waals surface area contributed by atoms with Crippen molar-refractivity contribution in [3.05, 3.63) is 27.7 Å². The monoisotopic (exact) mass is 321 g/mol. The van der Waals surface area contributed by atoms with Gasteiger partial charge >= 0.3 is 5.97 Å². The summed E-state index contributed by atoms with van der Waals surface area (Å²) in [4.78, 5) is 11.5. The Labute approximate surface area is 108 Å². The molecule has 2 N–H and O–H groups in total. The molecule has 0 saturated heterocycles. The van der Waals surface area contributed by atoms with Crippen LogP contribution in [0.1, 0.15) is 22.8 Å². The molecule has 0 amide bonds. The summed E-state index contributed by atoms with van der Waals surface area (Å²) in [5.41, 5.74) is 0.793. The van der Waals surface area contributed by atoms with Crippen LogP contribution in [0.3, 0.4) is 0 Å². The number of nitrogens with two attached hydrogens (primary N) is 1. The van der Waals surface area contributed by atoms with E-state index in [2.05, 4.69) is 15.9 Å². The van der Waals surface area contributed by atoms with Gasteiger partial charge in [-0.1, -0.05) is 15.9 Å². The van der Waals surface area contributed by atoms with Gasteiger partial charge in [0, 0.05) is 4.47 Å². The average Bonchev–Trinajstić information content (AvgIpc) is 2.20. The highest BCUT2D eigenvalue weighted by Crippen LogP contribution is 2.24. The summed E-state index contributed by atoms with van der Waals surface area (Å²) in [6.07, 6.45) is 0. The lowest BCUT2D eigenvalue weighted by Gasteiger charge is -2.09. The van der Waals surface area contributed by atoms with E-state index in [0.717, 1.165) is 0 Å². The van der Waals surface area contributed by atoms with Crippen LogP contribution in [-0.2, 0) is 14.8 Å². The van der Waals surface area contributed by atoms with Crippen molar-refractivity contribution in [2.24, 2.45) is 5.14 Å². The molecule has 1 rings (SSSR count). The van der Waals surface area contributed by atoms with Gasteiger partial charge in [-0.2, -0.15) is 0 Å². The lowest BCUT2D eigenvalue weighted by atomic mass is 10.1. The summed E-state index contributed by atoms with van der Waals surface area (Å²) in [5, 5.41) is 5.02. The number of hydrogen-bond acceptors (Lipinski definition) is 4. The molecule has 0 bridgehead atoms. The number of benzene rings is 1. The van der Waals surface area contributed by atoms with Crippen LogP contribution in [0, 0.1) is 6.92 Å². The van der Waals surface area contributed by atoms with E-state index in [-0.39, 0.29) is 17.1 Å². The van der Waals surface area contributed by atoms with Crippen LogP contribution in [0.15, 0.2) is 21.5 Å². The Bertz CT molecular complexity index is 554. The van der Waals surface area contributed by atoms with Crippen molar-refractivity contribution >= 4 is 31.9 Å². The molecule has 94 valence electrons. The molecule has 7 heteroatoms. The number of rotatable bonds is 3. The highest BCUT2D eigenvalue weighted by atomic mass is 79.9. The zero-order valence-corrected chi connectivity index (χ0v) is 11.8. The van der Waals surface area contributed by atoms with E-state index < -0.39 is 16.0 Å². The number of esters is 1. The Balaban J connectivity index is 3.40. The zero-order chi connectivity index (χ0) is 13.2.